The van der Waals surface area contributed by atoms with Gasteiger partial charge in [0.2, 0.25) is 0 Å². The van der Waals surface area contributed by atoms with Crippen LogP contribution in [-0.2, 0) is 18.3 Å². The number of hydrogen-bond acceptors (Lipinski definition) is 4. The van der Waals surface area contributed by atoms with Crippen molar-refractivity contribution < 1.29 is 18.3 Å². The lowest BCUT2D eigenvalue weighted by atomic mass is 10.1. The summed E-state index contributed by atoms with van der Waals surface area (Å²) in [7, 11) is -3.00. The molecule has 0 saturated carbocycles. The van der Waals surface area contributed by atoms with E-state index in [9.17, 15) is 4.57 Å². The molecular weight excluding hydrogens is 251 g/mol. The lowest BCUT2D eigenvalue weighted by molar-refractivity contribution is 0.217. The van der Waals surface area contributed by atoms with Crippen LogP contribution in [0.5, 0.6) is 0 Å². The molecule has 1 aromatic rings. The van der Waals surface area contributed by atoms with Crippen molar-refractivity contribution in [2.24, 2.45) is 0 Å². The van der Waals surface area contributed by atoms with Crippen LogP contribution in [0.25, 0.3) is 0 Å². The summed E-state index contributed by atoms with van der Waals surface area (Å²) in [4.78, 5) is 0. The van der Waals surface area contributed by atoms with Gasteiger partial charge in [0.25, 0.3) is 0 Å². The van der Waals surface area contributed by atoms with E-state index in [1.54, 1.807) is 0 Å². The van der Waals surface area contributed by atoms with Gasteiger partial charge in [-0.25, -0.2) is 0 Å². The van der Waals surface area contributed by atoms with Gasteiger partial charge in [-0.05, 0) is 19.4 Å². The molecule has 0 N–H and O–H groups in total. The fourth-order valence-electron chi connectivity index (χ4n) is 1.97. The highest BCUT2D eigenvalue weighted by Crippen LogP contribution is 2.54. The number of benzene rings is 1. The van der Waals surface area contributed by atoms with E-state index in [2.05, 4.69) is 0 Å². The summed E-state index contributed by atoms with van der Waals surface area (Å²) in [5.74, 6) is 0. The van der Waals surface area contributed by atoms with Gasteiger partial charge in [-0.1, -0.05) is 30.3 Å². The standard InChI is InChI=1S/C13H19O4P/c1-3-15-18(14,16-4-2)10-12-13(17-12)11-8-6-5-7-9-11/h5-9,12-13H,3-4,10H2,1-2H3/t12-,13+/m0/s1. The maximum absolute atomic E-state index is 12.3. The normalized spacial score (nSPS) is 23.0. The van der Waals surface area contributed by atoms with Crippen LogP contribution in [-0.4, -0.2) is 25.5 Å². The lowest BCUT2D eigenvalue weighted by Gasteiger charge is -2.15. The van der Waals surface area contributed by atoms with Crippen LogP contribution in [0.4, 0.5) is 0 Å². The van der Waals surface area contributed by atoms with Crippen molar-refractivity contribution in [3.8, 4) is 0 Å². The van der Waals surface area contributed by atoms with Gasteiger partial charge >= 0.3 is 7.60 Å². The molecule has 2 atom stereocenters. The second-order valence-corrected chi connectivity index (χ2v) is 6.24. The van der Waals surface area contributed by atoms with Crippen molar-refractivity contribution in [2.45, 2.75) is 26.1 Å². The molecule has 100 valence electrons. The van der Waals surface area contributed by atoms with Crippen LogP contribution < -0.4 is 0 Å². The quantitative estimate of drug-likeness (QED) is 0.563. The second kappa shape index (κ2) is 5.98. The maximum Gasteiger partial charge on any atom is 0.333 e. The van der Waals surface area contributed by atoms with Gasteiger partial charge in [0.15, 0.2) is 0 Å². The topological polar surface area (TPSA) is 48.1 Å². The number of rotatable bonds is 7. The summed E-state index contributed by atoms with van der Waals surface area (Å²) < 4.78 is 28.4. The van der Waals surface area contributed by atoms with Gasteiger partial charge in [0, 0.05) is 0 Å². The fourth-order valence-corrected chi connectivity index (χ4v) is 3.76. The summed E-state index contributed by atoms with van der Waals surface area (Å²) in [6.45, 7) is 4.40. The Morgan fingerprint density at radius 3 is 2.33 bits per heavy atom. The molecule has 0 unspecified atom stereocenters. The molecule has 1 heterocycles. The molecule has 5 heteroatoms. The number of epoxide rings is 1. The third kappa shape index (κ3) is 3.42. The first-order valence-corrected chi connectivity index (χ1v) is 8.00. The number of hydrogen-bond donors (Lipinski definition) is 0. The van der Waals surface area contributed by atoms with Crippen LogP contribution >= 0.6 is 7.60 Å². The lowest BCUT2D eigenvalue weighted by Crippen LogP contribution is -2.05. The van der Waals surface area contributed by atoms with E-state index in [1.165, 1.54) is 0 Å². The summed E-state index contributed by atoms with van der Waals surface area (Å²) >= 11 is 0. The Balaban J connectivity index is 1.93. The van der Waals surface area contributed by atoms with Gasteiger partial charge in [-0.2, -0.15) is 0 Å². The average molecular weight is 270 g/mol. The van der Waals surface area contributed by atoms with Gasteiger partial charge in [-0.3, -0.25) is 4.57 Å². The molecule has 2 rings (SSSR count). The Hall–Kier alpha value is -0.670. The van der Waals surface area contributed by atoms with Crippen LogP contribution in [0, 0.1) is 0 Å². The van der Waals surface area contributed by atoms with Crippen molar-refractivity contribution in [2.75, 3.05) is 19.4 Å². The van der Waals surface area contributed by atoms with Crippen LogP contribution in [0.15, 0.2) is 30.3 Å². The smallest absolute Gasteiger partial charge is 0.333 e. The van der Waals surface area contributed by atoms with Crippen molar-refractivity contribution in [3.05, 3.63) is 35.9 Å². The molecule has 1 aromatic carbocycles. The number of ether oxygens (including phenoxy) is 1. The first kappa shape index (κ1) is 13.8. The van der Waals surface area contributed by atoms with Gasteiger partial charge < -0.3 is 13.8 Å². The summed E-state index contributed by atoms with van der Waals surface area (Å²) in [5.41, 5.74) is 1.11. The van der Waals surface area contributed by atoms with E-state index < -0.39 is 7.60 Å². The molecule has 0 aliphatic carbocycles. The molecule has 1 aliphatic heterocycles. The molecule has 1 aliphatic rings. The molecule has 4 nitrogen and oxygen atoms in total. The monoisotopic (exact) mass is 270 g/mol. The zero-order valence-corrected chi connectivity index (χ0v) is 11.6. The summed E-state index contributed by atoms with van der Waals surface area (Å²) in [6, 6.07) is 9.93. The molecule has 18 heavy (non-hydrogen) atoms. The Labute approximate surface area is 108 Å². The van der Waals surface area contributed by atoms with E-state index >= 15 is 0 Å². The molecule has 0 radical (unpaired) electrons. The molecular formula is C13H19O4P. The minimum Gasteiger partial charge on any atom is -0.364 e. The summed E-state index contributed by atoms with van der Waals surface area (Å²) in [5, 5.41) is 0. The minimum atomic E-state index is -3.00. The van der Waals surface area contributed by atoms with Crippen molar-refractivity contribution >= 4 is 7.60 Å². The Morgan fingerprint density at radius 1 is 1.17 bits per heavy atom. The highest BCUT2D eigenvalue weighted by Gasteiger charge is 2.45. The van der Waals surface area contributed by atoms with Gasteiger partial charge in [0.05, 0.1) is 19.4 Å². The Bertz CT molecular complexity index is 410. The van der Waals surface area contributed by atoms with Crippen LogP contribution in [0.2, 0.25) is 0 Å². The van der Waals surface area contributed by atoms with E-state index in [4.69, 9.17) is 13.8 Å². The van der Waals surface area contributed by atoms with E-state index in [1.807, 2.05) is 44.2 Å². The molecule has 0 aromatic heterocycles. The first-order chi connectivity index (χ1) is 8.68. The predicted molar refractivity (Wildman–Crippen MR) is 69.8 cm³/mol. The fraction of sp³-hybridized carbons (Fsp3) is 0.538. The molecule has 1 saturated heterocycles. The molecule has 1 fully saturated rings. The Morgan fingerprint density at radius 2 is 1.78 bits per heavy atom. The highest BCUT2D eigenvalue weighted by molar-refractivity contribution is 7.53. The van der Waals surface area contributed by atoms with Crippen LogP contribution in [0.3, 0.4) is 0 Å². The molecule has 0 bridgehead atoms. The molecule has 0 spiro atoms. The van der Waals surface area contributed by atoms with Crippen molar-refractivity contribution in [1.29, 1.82) is 0 Å². The predicted octanol–water partition coefficient (Wildman–Crippen LogP) is 3.39. The van der Waals surface area contributed by atoms with Gasteiger partial charge in [0.1, 0.15) is 12.2 Å². The van der Waals surface area contributed by atoms with Crippen molar-refractivity contribution in [1.82, 2.24) is 0 Å². The largest absolute Gasteiger partial charge is 0.364 e. The Kier molecular flexibility index (Phi) is 4.57. The SMILES string of the molecule is CCOP(=O)(C[C@@H]1O[C@@H]1c1ccccc1)OCC. The maximum atomic E-state index is 12.3. The zero-order valence-electron chi connectivity index (χ0n) is 10.7. The highest BCUT2D eigenvalue weighted by atomic mass is 31.2. The average Bonchev–Trinajstić information content (AvgIpc) is 3.09. The van der Waals surface area contributed by atoms with Gasteiger partial charge in [-0.15, -0.1) is 0 Å². The van der Waals surface area contributed by atoms with E-state index in [0.29, 0.717) is 19.4 Å². The first-order valence-electron chi connectivity index (χ1n) is 6.27. The van der Waals surface area contributed by atoms with E-state index in [0.717, 1.165) is 5.56 Å². The van der Waals surface area contributed by atoms with E-state index in [-0.39, 0.29) is 12.2 Å². The second-order valence-electron chi connectivity index (χ2n) is 4.13. The zero-order chi connectivity index (χ0) is 13.0. The third-order valence-electron chi connectivity index (χ3n) is 2.77. The minimum absolute atomic E-state index is 0.0282. The van der Waals surface area contributed by atoms with Crippen molar-refractivity contribution in [3.63, 3.8) is 0 Å². The third-order valence-corrected chi connectivity index (χ3v) is 4.88. The van der Waals surface area contributed by atoms with Crippen LogP contribution in [0.1, 0.15) is 25.5 Å². The summed E-state index contributed by atoms with van der Waals surface area (Å²) in [6.07, 6.45) is 0.297. The molecule has 0 amide bonds.